The van der Waals surface area contributed by atoms with Crippen LogP contribution in [0.25, 0.3) is 22.3 Å². The molecule has 0 amide bonds. The van der Waals surface area contributed by atoms with Crippen molar-refractivity contribution in [2.45, 2.75) is 31.2 Å². The van der Waals surface area contributed by atoms with Gasteiger partial charge in [0.1, 0.15) is 12.0 Å². The fourth-order valence-electron chi connectivity index (χ4n) is 3.65. The monoisotopic (exact) mass is 317 g/mol. The molecule has 0 spiro atoms. The van der Waals surface area contributed by atoms with E-state index in [0.29, 0.717) is 18.8 Å². The van der Waals surface area contributed by atoms with Crippen molar-refractivity contribution in [1.82, 2.24) is 24.7 Å². The molecule has 0 atom stereocenters. The average Bonchev–Trinajstić information content (AvgIpc) is 3.21. The molecule has 1 aliphatic carbocycles. The van der Waals surface area contributed by atoms with Crippen LogP contribution < -0.4 is 0 Å². The van der Waals surface area contributed by atoms with Gasteiger partial charge >= 0.3 is 0 Å². The van der Waals surface area contributed by atoms with Crippen molar-refractivity contribution in [1.29, 1.82) is 10.5 Å². The Hall–Kier alpha value is -3.19. The minimum Gasteiger partial charge on any atom is -0.346 e. The first-order valence-electron chi connectivity index (χ1n) is 7.83. The highest BCUT2D eigenvalue weighted by molar-refractivity contribution is 5.89. The average molecular weight is 317 g/mol. The maximum atomic E-state index is 9.20. The quantitative estimate of drug-likeness (QED) is 0.796. The van der Waals surface area contributed by atoms with E-state index in [1.54, 1.807) is 6.20 Å². The van der Waals surface area contributed by atoms with E-state index in [1.807, 2.05) is 23.1 Å². The number of aromatic amines is 1. The zero-order valence-electron chi connectivity index (χ0n) is 13.0. The zero-order valence-corrected chi connectivity index (χ0v) is 13.0. The molecule has 24 heavy (non-hydrogen) atoms. The van der Waals surface area contributed by atoms with Gasteiger partial charge in [-0.25, -0.2) is 9.97 Å². The Balaban J connectivity index is 1.69. The molecule has 1 aliphatic rings. The highest BCUT2D eigenvalue weighted by atomic mass is 15.3. The Labute approximate surface area is 138 Å². The molecule has 1 fully saturated rings. The van der Waals surface area contributed by atoms with Gasteiger partial charge in [-0.1, -0.05) is 0 Å². The molecule has 0 aromatic carbocycles. The van der Waals surface area contributed by atoms with Crippen molar-refractivity contribution in [3.63, 3.8) is 0 Å². The number of nitrogens with one attached hydrogen (secondary N) is 1. The molecule has 0 radical (unpaired) electrons. The molecule has 118 valence electrons. The molecule has 3 heterocycles. The standard InChI is InChI=1S/C17H15N7/c18-4-1-12-7-17(8-12,3-5-19)24-10-13(9-23-24)15-14-2-6-20-16(14)22-11-21-15/h2,6,9-12H,1,3,7-8H2,(H,20,21,22)/t12-,17-. The first-order chi connectivity index (χ1) is 11.8. The largest absolute Gasteiger partial charge is 0.346 e. The Bertz CT molecular complexity index is 963. The molecule has 0 bridgehead atoms. The molecule has 3 aromatic rings. The number of aromatic nitrogens is 5. The van der Waals surface area contributed by atoms with E-state index in [-0.39, 0.29) is 5.54 Å². The van der Waals surface area contributed by atoms with Gasteiger partial charge in [0.05, 0.1) is 36.0 Å². The number of rotatable bonds is 4. The summed E-state index contributed by atoms with van der Waals surface area (Å²) in [4.78, 5) is 11.7. The summed E-state index contributed by atoms with van der Waals surface area (Å²) >= 11 is 0. The third-order valence-corrected chi connectivity index (χ3v) is 4.82. The predicted molar refractivity (Wildman–Crippen MR) is 86.3 cm³/mol. The number of hydrogen-bond acceptors (Lipinski definition) is 5. The second kappa shape index (κ2) is 5.47. The third-order valence-electron chi connectivity index (χ3n) is 4.82. The highest BCUT2D eigenvalue weighted by Crippen LogP contribution is 2.47. The van der Waals surface area contributed by atoms with Crippen molar-refractivity contribution in [3.05, 3.63) is 31.0 Å². The van der Waals surface area contributed by atoms with Crippen LogP contribution in [-0.2, 0) is 5.54 Å². The maximum Gasteiger partial charge on any atom is 0.141 e. The highest BCUT2D eigenvalue weighted by Gasteiger charge is 2.46. The normalized spacial score (nSPS) is 22.7. The number of nitrogens with zero attached hydrogens (tertiary/aromatic N) is 6. The molecule has 7 heteroatoms. The summed E-state index contributed by atoms with van der Waals surface area (Å²) in [7, 11) is 0. The lowest BCUT2D eigenvalue weighted by Gasteiger charge is -2.45. The van der Waals surface area contributed by atoms with Crippen LogP contribution in [0.2, 0.25) is 0 Å². The zero-order chi connectivity index (χ0) is 16.6. The summed E-state index contributed by atoms with van der Waals surface area (Å²) in [5.41, 5.74) is 2.23. The van der Waals surface area contributed by atoms with Crippen LogP contribution in [0, 0.1) is 28.6 Å². The third kappa shape index (κ3) is 2.14. The summed E-state index contributed by atoms with van der Waals surface area (Å²) in [5, 5.41) is 23.5. The molecule has 1 N–H and O–H groups in total. The topological polar surface area (TPSA) is 107 Å². The summed E-state index contributed by atoms with van der Waals surface area (Å²) < 4.78 is 1.89. The Morgan fingerprint density at radius 3 is 2.96 bits per heavy atom. The van der Waals surface area contributed by atoms with Crippen LogP contribution in [0.15, 0.2) is 31.0 Å². The molecule has 3 aromatic heterocycles. The molecular weight excluding hydrogens is 302 g/mol. The van der Waals surface area contributed by atoms with Gasteiger partial charge in [0, 0.05) is 29.8 Å². The Morgan fingerprint density at radius 2 is 2.17 bits per heavy atom. The minimum atomic E-state index is -0.293. The number of hydrogen-bond donors (Lipinski definition) is 1. The lowest BCUT2D eigenvalue weighted by molar-refractivity contribution is 0.0599. The number of H-pyrrole nitrogens is 1. The van der Waals surface area contributed by atoms with Crippen molar-refractivity contribution in [2.75, 3.05) is 0 Å². The van der Waals surface area contributed by atoms with E-state index in [9.17, 15) is 5.26 Å². The Morgan fingerprint density at radius 1 is 1.29 bits per heavy atom. The summed E-state index contributed by atoms with van der Waals surface area (Å²) in [6.07, 6.45) is 9.68. The van der Waals surface area contributed by atoms with E-state index in [2.05, 4.69) is 32.2 Å². The second-order valence-corrected chi connectivity index (χ2v) is 6.33. The van der Waals surface area contributed by atoms with E-state index >= 15 is 0 Å². The first-order valence-corrected chi connectivity index (χ1v) is 7.83. The van der Waals surface area contributed by atoms with E-state index in [0.717, 1.165) is 35.1 Å². The minimum absolute atomic E-state index is 0.293. The van der Waals surface area contributed by atoms with Crippen molar-refractivity contribution >= 4 is 11.0 Å². The number of fused-ring (bicyclic) bond motifs is 1. The van der Waals surface area contributed by atoms with Crippen LogP contribution in [-0.4, -0.2) is 24.7 Å². The molecule has 0 saturated heterocycles. The van der Waals surface area contributed by atoms with E-state index in [4.69, 9.17) is 5.26 Å². The molecule has 7 nitrogen and oxygen atoms in total. The Kier molecular flexibility index (Phi) is 3.28. The van der Waals surface area contributed by atoms with Gasteiger partial charge in [-0.15, -0.1) is 0 Å². The molecule has 0 aliphatic heterocycles. The van der Waals surface area contributed by atoms with Crippen LogP contribution in [0.5, 0.6) is 0 Å². The van der Waals surface area contributed by atoms with Gasteiger partial charge in [-0.05, 0) is 24.8 Å². The molecule has 1 saturated carbocycles. The van der Waals surface area contributed by atoms with Crippen molar-refractivity contribution in [2.24, 2.45) is 5.92 Å². The van der Waals surface area contributed by atoms with Gasteiger partial charge in [-0.2, -0.15) is 15.6 Å². The number of nitriles is 2. The van der Waals surface area contributed by atoms with Gasteiger partial charge in [0.2, 0.25) is 0 Å². The van der Waals surface area contributed by atoms with Gasteiger partial charge in [0.25, 0.3) is 0 Å². The molecule has 0 unspecified atom stereocenters. The van der Waals surface area contributed by atoms with Crippen LogP contribution in [0.3, 0.4) is 0 Å². The fraction of sp³-hybridized carbons (Fsp3) is 0.353. The van der Waals surface area contributed by atoms with Gasteiger partial charge < -0.3 is 4.98 Å². The summed E-state index contributed by atoms with van der Waals surface area (Å²) in [5.74, 6) is 0.353. The van der Waals surface area contributed by atoms with Crippen molar-refractivity contribution in [3.8, 4) is 23.4 Å². The lowest BCUT2D eigenvalue weighted by Crippen LogP contribution is -2.46. The van der Waals surface area contributed by atoms with Crippen LogP contribution >= 0.6 is 0 Å². The molecule has 4 rings (SSSR count). The van der Waals surface area contributed by atoms with E-state index in [1.165, 1.54) is 6.33 Å². The lowest BCUT2D eigenvalue weighted by atomic mass is 9.66. The van der Waals surface area contributed by atoms with E-state index < -0.39 is 0 Å². The first kappa shape index (κ1) is 14.4. The molecular formula is C17H15N7. The second-order valence-electron chi connectivity index (χ2n) is 6.33. The maximum absolute atomic E-state index is 9.20. The van der Waals surface area contributed by atoms with Crippen LogP contribution in [0.1, 0.15) is 25.7 Å². The van der Waals surface area contributed by atoms with Gasteiger partial charge in [0.15, 0.2) is 0 Å². The van der Waals surface area contributed by atoms with Crippen molar-refractivity contribution < 1.29 is 0 Å². The predicted octanol–water partition coefficient (Wildman–Crippen LogP) is 2.75. The fourth-order valence-corrected chi connectivity index (χ4v) is 3.65. The van der Waals surface area contributed by atoms with Crippen LogP contribution in [0.4, 0.5) is 0 Å². The summed E-state index contributed by atoms with van der Waals surface area (Å²) in [6.45, 7) is 0. The smallest absolute Gasteiger partial charge is 0.141 e. The SMILES string of the molecule is N#CC[C@H]1C[C@](CC#N)(n2cc(-c3ncnc4[nH]ccc34)cn2)C1. The summed E-state index contributed by atoms with van der Waals surface area (Å²) in [6, 6.07) is 6.43. The van der Waals surface area contributed by atoms with Gasteiger partial charge in [-0.3, -0.25) is 4.68 Å².